The normalized spacial score (nSPS) is 10.2. The summed E-state index contributed by atoms with van der Waals surface area (Å²) in [5.41, 5.74) is 1.34. The summed E-state index contributed by atoms with van der Waals surface area (Å²) >= 11 is 0. The minimum Gasteiger partial charge on any atom is -0.486 e. The third-order valence-electron chi connectivity index (χ3n) is 3.41. The number of oxazole rings is 1. The first-order valence-electron chi connectivity index (χ1n) is 7.74. The molecule has 0 bridgehead atoms. The predicted octanol–water partition coefficient (Wildman–Crippen LogP) is 4.29. The molecular weight excluding hydrogens is 318 g/mol. The summed E-state index contributed by atoms with van der Waals surface area (Å²) < 4.78 is 16.9. The summed E-state index contributed by atoms with van der Waals surface area (Å²) in [7, 11) is 0. The van der Waals surface area contributed by atoms with Crippen molar-refractivity contribution in [1.82, 2.24) is 4.98 Å². The van der Waals surface area contributed by atoms with Crippen molar-refractivity contribution in [1.29, 1.82) is 5.26 Å². The van der Waals surface area contributed by atoms with Gasteiger partial charge in [-0.2, -0.15) is 10.2 Å². The van der Waals surface area contributed by atoms with Crippen LogP contribution in [0.1, 0.15) is 17.0 Å². The molecule has 3 rings (SSSR count). The average Bonchev–Trinajstić information content (AvgIpc) is 3.26. The number of benzene rings is 1. The summed E-state index contributed by atoms with van der Waals surface area (Å²) in [4.78, 5) is 4.13. The van der Waals surface area contributed by atoms with Crippen LogP contribution in [0.15, 0.2) is 57.9 Å². The second-order valence-electron chi connectivity index (χ2n) is 5.35. The molecule has 6 nitrogen and oxygen atoms in total. The number of hydrogen-bond donors (Lipinski definition) is 1. The van der Waals surface area contributed by atoms with Gasteiger partial charge < -0.3 is 18.9 Å². The number of aromatic nitrogens is 1. The maximum absolute atomic E-state index is 9.12. The summed E-state index contributed by atoms with van der Waals surface area (Å²) in [6, 6.07) is 13.3. The van der Waals surface area contributed by atoms with Gasteiger partial charge in [0.05, 0.1) is 0 Å². The fourth-order valence-corrected chi connectivity index (χ4v) is 2.15. The highest BCUT2D eigenvalue weighted by Gasteiger charge is 2.17. The minimum atomic E-state index is 0.172. The highest BCUT2D eigenvalue weighted by atomic mass is 16.5. The zero-order valence-corrected chi connectivity index (χ0v) is 13.8. The van der Waals surface area contributed by atoms with E-state index in [1.54, 1.807) is 18.2 Å². The third kappa shape index (κ3) is 3.90. The largest absolute Gasteiger partial charge is 0.486 e. The smallest absolute Gasteiger partial charge is 0.266 e. The molecule has 126 valence electrons. The number of ether oxygens (including phenoxy) is 1. The monoisotopic (exact) mass is 335 g/mol. The van der Waals surface area contributed by atoms with Crippen LogP contribution in [0.25, 0.3) is 11.7 Å². The number of furan rings is 1. The van der Waals surface area contributed by atoms with Crippen LogP contribution in [-0.4, -0.2) is 11.5 Å². The fraction of sp³-hybridized carbons (Fsp3) is 0.158. The highest BCUT2D eigenvalue weighted by Crippen LogP contribution is 2.27. The van der Waals surface area contributed by atoms with Gasteiger partial charge in [-0.3, -0.25) is 0 Å². The van der Waals surface area contributed by atoms with Gasteiger partial charge >= 0.3 is 0 Å². The Hall–Kier alpha value is -3.46. The molecule has 0 aliphatic rings. The number of hydrogen-bond acceptors (Lipinski definition) is 6. The second kappa shape index (κ2) is 7.41. The van der Waals surface area contributed by atoms with Crippen LogP contribution < -0.4 is 10.1 Å². The van der Waals surface area contributed by atoms with Gasteiger partial charge in [0.15, 0.2) is 5.76 Å². The molecular formula is C19H17N3O3. The molecule has 0 spiro atoms. The first-order valence-corrected chi connectivity index (χ1v) is 7.74. The van der Waals surface area contributed by atoms with Crippen LogP contribution in [-0.2, 0) is 6.61 Å². The summed E-state index contributed by atoms with van der Waals surface area (Å²) in [5.74, 6) is 2.37. The van der Waals surface area contributed by atoms with E-state index in [0.717, 1.165) is 5.75 Å². The van der Waals surface area contributed by atoms with Gasteiger partial charge in [0, 0.05) is 6.54 Å². The lowest BCUT2D eigenvalue weighted by atomic mass is 10.2. The Morgan fingerprint density at radius 2 is 2.04 bits per heavy atom. The van der Waals surface area contributed by atoms with E-state index in [0.29, 0.717) is 23.9 Å². The lowest BCUT2D eigenvalue weighted by Gasteiger charge is -2.04. The predicted molar refractivity (Wildman–Crippen MR) is 93.1 cm³/mol. The van der Waals surface area contributed by atoms with Crippen molar-refractivity contribution >= 4 is 5.88 Å². The molecule has 0 saturated heterocycles. The Labute approximate surface area is 145 Å². The summed E-state index contributed by atoms with van der Waals surface area (Å²) in [6.45, 7) is 6.39. The van der Waals surface area contributed by atoms with Crippen molar-refractivity contribution in [3.8, 4) is 23.5 Å². The Balaban J connectivity index is 1.70. The maximum Gasteiger partial charge on any atom is 0.266 e. The standard InChI is InChI=1S/C19H17N3O3/c1-3-10-21-18-16(11-20)22-19(25-18)17-9-8-15(24-17)12-23-14-6-4-13(2)5-7-14/h3-9,21H,1,10,12H2,2H3. The SMILES string of the molecule is C=CCNc1oc(-c2ccc(COc3ccc(C)cc3)o2)nc1C#N. The second-order valence-corrected chi connectivity index (χ2v) is 5.35. The van der Waals surface area contributed by atoms with E-state index < -0.39 is 0 Å². The van der Waals surface area contributed by atoms with E-state index in [2.05, 4.69) is 16.9 Å². The first kappa shape index (κ1) is 16.4. The molecule has 1 N–H and O–H groups in total. The molecule has 0 unspecified atom stereocenters. The molecule has 0 aliphatic carbocycles. The Bertz CT molecular complexity index is 901. The Morgan fingerprint density at radius 3 is 2.76 bits per heavy atom. The Morgan fingerprint density at radius 1 is 1.24 bits per heavy atom. The third-order valence-corrected chi connectivity index (χ3v) is 3.41. The van der Waals surface area contributed by atoms with Crippen molar-refractivity contribution < 1.29 is 13.6 Å². The van der Waals surface area contributed by atoms with E-state index >= 15 is 0 Å². The van der Waals surface area contributed by atoms with Gasteiger partial charge in [-0.05, 0) is 31.2 Å². The molecule has 0 radical (unpaired) electrons. The zero-order valence-electron chi connectivity index (χ0n) is 13.8. The first-order chi connectivity index (χ1) is 12.2. The van der Waals surface area contributed by atoms with Crippen molar-refractivity contribution in [2.24, 2.45) is 0 Å². The number of nitrogens with zero attached hydrogens (tertiary/aromatic N) is 2. The molecule has 2 aromatic heterocycles. The van der Waals surface area contributed by atoms with Crippen LogP contribution >= 0.6 is 0 Å². The molecule has 1 aromatic carbocycles. The summed E-state index contributed by atoms with van der Waals surface area (Å²) in [5, 5.41) is 12.0. The van der Waals surface area contributed by atoms with Gasteiger partial charge in [-0.15, -0.1) is 6.58 Å². The number of aryl methyl sites for hydroxylation is 1. The van der Waals surface area contributed by atoms with Crippen LogP contribution in [0.2, 0.25) is 0 Å². The van der Waals surface area contributed by atoms with Crippen molar-refractivity contribution in [3.63, 3.8) is 0 Å². The quantitative estimate of drug-likeness (QED) is 0.648. The zero-order chi connectivity index (χ0) is 17.6. The van der Waals surface area contributed by atoms with Gasteiger partial charge in [0.25, 0.3) is 5.89 Å². The average molecular weight is 335 g/mol. The molecule has 0 aliphatic heterocycles. The van der Waals surface area contributed by atoms with E-state index in [-0.39, 0.29) is 18.2 Å². The van der Waals surface area contributed by atoms with Gasteiger partial charge in [0.2, 0.25) is 11.6 Å². The van der Waals surface area contributed by atoms with Gasteiger partial charge in [-0.25, -0.2) is 0 Å². The van der Waals surface area contributed by atoms with Crippen LogP contribution in [0.4, 0.5) is 5.88 Å². The lowest BCUT2D eigenvalue weighted by Crippen LogP contribution is -1.97. The van der Waals surface area contributed by atoms with Crippen LogP contribution in [0.5, 0.6) is 5.75 Å². The highest BCUT2D eigenvalue weighted by molar-refractivity contribution is 5.54. The molecule has 2 heterocycles. The van der Waals surface area contributed by atoms with E-state index in [1.807, 2.05) is 37.3 Å². The number of nitriles is 1. The minimum absolute atomic E-state index is 0.172. The molecule has 0 fully saturated rings. The van der Waals surface area contributed by atoms with Gasteiger partial charge in [0.1, 0.15) is 24.2 Å². The van der Waals surface area contributed by atoms with Crippen molar-refractivity contribution in [2.75, 3.05) is 11.9 Å². The maximum atomic E-state index is 9.12. The molecule has 25 heavy (non-hydrogen) atoms. The molecule has 0 amide bonds. The number of anilines is 1. The van der Waals surface area contributed by atoms with Crippen molar-refractivity contribution in [2.45, 2.75) is 13.5 Å². The van der Waals surface area contributed by atoms with E-state index in [1.165, 1.54) is 5.56 Å². The van der Waals surface area contributed by atoms with Crippen molar-refractivity contribution in [3.05, 3.63) is 66.1 Å². The fourth-order valence-electron chi connectivity index (χ4n) is 2.15. The summed E-state index contributed by atoms with van der Waals surface area (Å²) in [6.07, 6.45) is 1.66. The molecule has 6 heteroatoms. The molecule has 0 atom stereocenters. The van der Waals surface area contributed by atoms with Gasteiger partial charge in [-0.1, -0.05) is 23.8 Å². The van der Waals surface area contributed by atoms with E-state index in [4.69, 9.17) is 18.8 Å². The Kier molecular flexibility index (Phi) is 4.86. The van der Waals surface area contributed by atoms with Crippen LogP contribution in [0.3, 0.4) is 0 Å². The van der Waals surface area contributed by atoms with Crippen LogP contribution in [0, 0.1) is 18.3 Å². The topological polar surface area (TPSA) is 84.2 Å². The molecule has 3 aromatic rings. The number of rotatable bonds is 7. The number of nitrogens with one attached hydrogen (secondary N) is 1. The molecule has 0 saturated carbocycles. The van der Waals surface area contributed by atoms with E-state index in [9.17, 15) is 0 Å². The lowest BCUT2D eigenvalue weighted by molar-refractivity contribution is 0.271.